The van der Waals surface area contributed by atoms with Crippen LogP contribution in [0, 0.1) is 10.1 Å². The molecule has 0 saturated carbocycles. The molecule has 0 aromatic heterocycles. The van der Waals surface area contributed by atoms with Crippen molar-refractivity contribution in [3.05, 3.63) is 39.9 Å². The summed E-state index contributed by atoms with van der Waals surface area (Å²) < 4.78 is 0. The molecule has 1 aromatic rings. The maximum Gasteiger partial charge on any atom is 0.326 e. The first-order valence-electron chi connectivity index (χ1n) is 7.91. The molecule has 3 N–H and O–H groups in total. The van der Waals surface area contributed by atoms with E-state index in [1.807, 2.05) is 0 Å². The quantitative estimate of drug-likeness (QED) is 0.462. The molecule has 3 atom stereocenters. The Morgan fingerprint density at radius 3 is 2.62 bits per heavy atom. The van der Waals surface area contributed by atoms with Gasteiger partial charge in [0.05, 0.1) is 11.0 Å². The van der Waals surface area contributed by atoms with Gasteiger partial charge in [-0.3, -0.25) is 19.7 Å². The maximum atomic E-state index is 12.4. The summed E-state index contributed by atoms with van der Waals surface area (Å²) in [5.74, 6) is -2.49. The number of nitrogens with one attached hydrogen (secondary N) is 1. The van der Waals surface area contributed by atoms with E-state index < -0.39 is 40.9 Å². The minimum absolute atomic E-state index is 0.00321. The lowest BCUT2D eigenvalue weighted by molar-refractivity contribution is -0.385. The number of carbonyl (C=O) groups excluding carboxylic acids is 2. The van der Waals surface area contributed by atoms with Gasteiger partial charge in [0.25, 0.3) is 5.69 Å². The first kappa shape index (κ1) is 19.3. The van der Waals surface area contributed by atoms with Gasteiger partial charge in [0.1, 0.15) is 12.1 Å². The number of hydrogen-bond acceptors (Lipinski definition) is 6. The third-order valence-corrected chi connectivity index (χ3v) is 4.21. The van der Waals surface area contributed by atoms with Gasteiger partial charge in [-0.2, -0.15) is 0 Å². The number of hydrogen-bond donors (Lipinski definition) is 3. The molecule has 1 saturated heterocycles. The second-order valence-corrected chi connectivity index (χ2v) is 6.07. The number of likely N-dealkylation sites (tertiary alicyclic amines) is 1. The fourth-order valence-corrected chi connectivity index (χ4v) is 2.96. The van der Waals surface area contributed by atoms with Gasteiger partial charge in [0.2, 0.25) is 11.8 Å². The van der Waals surface area contributed by atoms with E-state index in [0.29, 0.717) is 0 Å². The van der Waals surface area contributed by atoms with Crippen molar-refractivity contribution in [3.63, 3.8) is 0 Å². The lowest BCUT2D eigenvalue weighted by atomic mass is 10.0. The Morgan fingerprint density at radius 2 is 2.04 bits per heavy atom. The molecule has 10 nitrogen and oxygen atoms in total. The molecule has 1 aromatic carbocycles. The molecule has 1 heterocycles. The number of aliphatic hydroxyl groups is 1. The van der Waals surface area contributed by atoms with E-state index in [9.17, 15) is 34.7 Å². The number of aliphatic hydroxyl groups excluding tert-OH is 1. The topological polar surface area (TPSA) is 150 Å². The molecule has 26 heavy (non-hydrogen) atoms. The van der Waals surface area contributed by atoms with Gasteiger partial charge in [0, 0.05) is 37.9 Å². The van der Waals surface area contributed by atoms with Crippen LogP contribution in [0.1, 0.15) is 18.9 Å². The predicted molar refractivity (Wildman–Crippen MR) is 88.2 cm³/mol. The van der Waals surface area contributed by atoms with Crippen molar-refractivity contribution in [1.82, 2.24) is 10.2 Å². The van der Waals surface area contributed by atoms with Crippen molar-refractivity contribution in [2.75, 3.05) is 6.54 Å². The molecular weight excluding hydrogens is 346 g/mol. The van der Waals surface area contributed by atoms with Crippen molar-refractivity contribution >= 4 is 23.5 Å². The van der Waals surface area contributed by atoms with E-state index in [1.165, 1.54) is 36.1 Å². The van der Waals surface area contributed by atoms with Crippen molar-refractivity contribution < 1.29 is 29.5 Å². The maximum absolute atomic E-state index is 12.4. The number of β-amino-alcohol motifs (C(OH)–C–C–N with tert-alkyl or cyclic N) is 1. The van der Waals surface area contributed by atoms with Gasteiger partial charge < -0.3 is 20.4 Å². The number of benzene rings is 1. The Kier molecular flexibility index (Phi) is 5.88. The molecular formula is C16H19N3O7. The highest BCUT2D eigenvalue weighted by Crippen LogP contribution is 2.21. The number of nitro groups is 1. The van der Waals surface area contributed by atoms with Crippen LogP contribution in [0.15, 0.2) is 24.3 Å². The van der Waals surface area contributed by atoms with Gasteiger partial charge in [-0.15, -0.1) is 0 Å². The second kappa shape index (κ2) is 7.91. The first-order valence-corrected chi connectivity index (χ1v) is 7.91. The van der Waals surface area contributed by atoms with Crippen LogP contribution in [0.5, 0.6) is 0 Å². The third-order valence-electron chi connectivity index (χ3n) is 4.21. The second-order valence-electron chi connectivity index (χ2n) is 6.07. The highest BCUT2D eigenvalue weighted by atomic mass is 16.6. The number of carboxylic acids is 1. The Labute approximate surface area is 148 Å². The van der Waals surface area contributed by atoms with E-state index in [4.69, 9.17) is 0 Å². The van der Waals surface area contributed by atoms with E-state index in [0.717, 1.165) is 0 Å². The minimum Gasteiger partial charge on any atom is -0.480 e. The van der Waals surface area contributed by atoms with Crippen LogP contribution in [0.25, 0.3) is 0 Å². The summed E-state index contributed by atoms with van der Waals surface area (Å²) in [6, 6.07) is 3.28. The highest BCUT2D eigenvalue weighted by Gasteiger charge is 2.39. The first-order chi connectivity index (χ1) is 12.2. The lowest BCUT2D eigenvalue weighted by Crippen LogP contribution is -2.51. The summed E-state index contributed by atoms with van der Waals surface area (Å²) in [6.07, 6.45) is -1.15. The molecule has 1 aliphatic heterocycles. The normalized spacial score (nSPS) is 20.5. The predicted octanol–water partition coefficient (Wildman–Crippen LogP) is -0.312. The zero-order valence-corrected chi connectivity index (χ0v) is 14.0. The van der Waals surface area contributed by atoms with E-state index in [-0.39, 0.29) is 30.6 Å². The molecule has 140 valence electrons. The Hall–Kier alpha value is -3.01. The number of nitrogens with zero attached hydrogens (tertiary/aromatic N) is 2. The molecule has 0 spiro atoms. The molecule has 0 radical (unpaired) electrons. The van der Waals surface area contributed by atoms with Crippen LogP contribution in [-0.4, -0.2) is 62.6 Å². The largest absolute Gasteiger partial charge is 0.480 e. The number of rotatable bonds is 6. The number of amides is 2. The lowest BCUT2D eigenvalue weighted by Gasteiger charge is -2.24. The monoisotopic (exact) mass is 365 g/mol. The van der Waals surface area contributed by atoms with Crippen LogP contribution in [0.2, 0.25) is 0 Å². The molecule has 2 rings (SSSR count). The molecule has 0 unspecified atom stereocenters. The summed E-state index contributed by atoms with van der Waals surface area (Å²) in [4.78, 5) is 47.1. The average Bonchev–Trinajstić information content (AvgIpc) is 2.96. The van der Waals surface area contributed by atoms with Gasteiger partial charge in [-0.05, 0) is 0 Å². The van der Waals surface area contributed by atoms with E-state index in [1.54, 1.807) is 0 Å². The summed E-state index contributed by atoms with van der Waals surface area (Å²) in [5.41, 5.74) is -0.0743. The van der Waals surface area contributed by atoms with Crippen LogP contribution < -0.4 is 5.32 Å². The van der Waals surface area contributed by atoms with Gasteiger partial charge in [-0.1, -0.05) is 18.2 Å². The van der Waals surface area contributed by atoms with Crippen LogP contribution in [0.4, 0.5) is 5.69 Å². The summed E-state index contributed by atoms with van der Waals surface area (Å²) in [5, 5.41) is 32.4. The van der Waals surface area contributed by atoms with Crippen LogP contribution in [0.3, 0.4) is 0 Å². The number of para-hydroxylation sites is 1. The van der Waals surface area contributed by atoms with Crippen molar-refractivity contribution in [2.24, 2.45) is 0 Å². The minimum atomic E-state index is -1.41. The standard InChI is InChI=1S/C16H19N3O7/c1-9(20)18-8-11(21)7-14(18)15(22)17-12(16(23)24)6-10-4-2-3-5-13(10)19(25)26/h2-5,11-12,14,21H,6-8H2,1H3,(H,17,22)(H,23,24)/t11-,12-,14+/m1/s1. The molecule has 10 heteroatoms. The van der Waals surface area contributed by atoms with Gasteiger partial charge in [0.15, 0.2) is 0 Å². The zero-order valence-electron chi connectivity index (χ0n) is 14.0. The molecule has 0 aliphatic carbocycles. The fourth-order valence-electron chi connectivity index (χ4n) is 2.96. The number of carboxylic acid groups (broad SMARTS) is 1. The highest BCUT2D eigenvalue weighted by molar-refractivity contribution is 5.90. The smallest absolute Gasteiger partial charge is 0.326 e. The summed E-state index contributed by atoms with van der Waals surface area (Å²) >= 11 is 0. The Balaban J connectivity index is 2.16. The van der Waals surface area contributed by atoms with Crippen molar-refractivity contribution in [2.45, 2.75) is 38.0 Å². The van der Waals surface area contributed by atoms with Crippen molar-refractivity contribution in [1.29, 1.82) is 0 Å². The summed E-state index contributed by atoms with van der Waals surface area (Å²) in [6.45, 7) is 1.25. The molecule has 1 fully saturated rings. The Morgan fingerprint density at radius 1 is 1.38 bits per heavy atom. The van der Waals surface area contributed by atoms with Crippen molar-refractivity contribution in [3.8, 4) is 0 Å². The molecule has 2 amide bonds. The fraction of sp³-hybridized carbons (Fsp3) is 0.438. The third kappa shape index (κ3) is 4.33. The molecule has 0 bridgehead atoms. The summed E-state index contributed by atoms with van der Waals surface area (Å²) in [7, 11) is 0. The van der Waals surface area contributed by atoms with Crippen LogP contribution in [-0.2, 0) is 20.8 Å². The van der Waals surface area contributed by atoms with Gasteiger partial charge >= 0.3 is 5.97 Å². The Bertz CT molecular complexity index is 736. The molecule has 1 aliphatic rings. The number of carbonyl (C=O) groups is 3. The van der Waals surface area contributed by atoms with Gasteiger partial charge in [-0.25, -0.2) is 4.79 Å². The number of nitro benzene ring substituents is 1. The van der Waals surface area contributed by atoms with Crippen LogP contribution >= 0.6 is 0 Å². The SMILES string of the molecule is CC(=O)N1C[C@H](O)C[C@H]1C(=O)N[C@H](Cc1ccccc1[N+](=O)[O-])C(=O)O. The zero-order chi connectivity index (χ0) is 19.4. The average molecular weight is 365 g/mol. The van der Waals surface area contributed by atoms with E-state index in [2.05, 4.69) is 5.32 Å². The number of aliphatic carboxylic acids is 1. The van der Waals surface area contributed by atoms with E-state index >= 15 is 0 Å².